The Bertz CT molecular complexity index is 678. The molecule has 1 saturated heterocycles. The fraction of sp³-hybridized carbons (Fsp3) is 0.412. The number of halogens is 1. The van der Waals surface area contributed by atoms with E-state index in [9.17, 15) is 4.39 Å². The average molecular weight is 333 g/mol. The van der Waals surface area contributed by atoms with Gasteiger partial charge in [0.15, 0.2) is 0 Å². The molecule has 2 aromatic rings. The third kappa shape index (κ3) is 4.39. The lowest BCUT2D eigenvalue weighted by molar-refractivity contribution is 0.121. The Morgan fingerprint density at radius 3 is 2.75 bits per heavy atom. The van der Waals surface area contributed by atoms with Gasteiger partial charge >= 0.3 is 0 Å². The predicted octanol–water partition coefficient (Wildman–Crippen LogP) is 2.18. The summed E-state index contributed by atoms with van der Waals surface area (Å²) < 4.78 is 29.5. The summed E-state index contributed by atoms with van der Waals surface area (Å²) in [6.07, 6.45) is 0. The molecule has 1 fully saturated rings. The van der Waals surface area contributed by atoms with Gasteiger partial charge in [0.2, 0.25) is 11.8 Å². The van der Waals surface area contributed by atoms with Crippen LogP contribution < -0.4 is 9.64 Å². The lowest BCUT2D eigenvalue weighted by atomic mass is 10.2. The lowest BCUT2D eigenvalue weighted by Crippen LogP contribution is -2.37. The summed E-state index contributed by atoms with van der Waals surface area (Å²) >= 11 is 0. The van der Waals surface area contributed by atoms with Crippen LogP contribution in [0.5, 0.6) is 5.88 Å². The Balaban J connectivity index is 1.76. The fourth-order valence-electron chi connectivity index (χ4n) is 2.44. The van der Waals surface area contributed by atoms with E-state index in [1.807, 2.05) is 6.07 Å². The molecular formula is C17H20FN3O3. The van der Waals surface area contributed by atoms with Crippen LogP contribution in [-0.4, -0.2) is 43.4 Å². The largest absolute Gasteiger partial charge is 0.473 e. The Hall–Kier alpha value is -2.25. The molecule has 0 radical (unpaired) electrons. The highest BCUT2D eigenvalue weighted by Gasteiger charge is 2.16. The molecule has 0 saturated carbocycles. The van der Waals surface area contributed by atoms with Gasteiger partial charge < -0.3 is 19.1 Å². The van der Waals surface area contributed by atoms with E-state index >= 15 is 0 Å². The highest BCUT2D eigenvalue weighted by Crippen LogP contribution is 2.19. The van der Waals surface area contributed by atoms with Crippen molar-refractivity contribution in [3.63, 3.8) is 0 Å². The first-order chi connectivity index (χ1) is 11.7. The van der Waals surface area contributed by atoms with E-state index in [0.29, 0.717) is 31.6 Å². The molecule has 3 rings (SSSR count). The van der Waals surface area contributed by atoms with Crippen molar-refractivity contribution in [1.82, 2.24) is 9.97 Å². The second-order valence-corrected chi connectivity index (χ2v) is 5.45. The van der Waals surface area contributed by atoms with Crippen LogP contribution in [0.3, 0.4) is 0 Å². The van der Waals surface area contributed by atoms with Crippen molar-refractivity contribution in [2.45, 2.75) is 13.2 Å². The molecule has 0 amide bonds. The zero-order valence-corrected chi connectivity index (χ0v) is 13.6. The van der Waals surface area contributed by atoms with Crippen LogP contribution in [0.4, 0.5) is 10.3 Å². The molecule has 0 N–H and O–H groups in total. The highest BCUT2D eigenvalue weighted by molar-refractivity contribution is 5.35. The number of hydrogen-bond donors (Lipinski definition) is 0. The molecule has 0 atom stereocenters. The zero-order valence-electron chi connectivity index (χ0n) is 13.6. The van der Waals surface area contributed by atoms with E-state index in [-0.39, 0.29) is 12.4 Å². The topological polar surface area (TPSA) is 56.7 Å². The molecule has 2 heterocycles. The van der Waals surface area contributed by atoms with E-state index in [2.05, 4.69) is 14.9 Å². The number of nitrogens with zero attached hydrogens (tertiary/aromatic N) is 3. The lowest BCUT2D eigenvalue weighted by Gasteiger charge is -2.27. The van der Waals surface area contributed by atoms with E-state index in [1.54, 1.807) is 19.2 Å². The monoisotopic (exact) mass is 333 g/mol. The normalized spacial score (nSPS) is 14.7. The van der Waals surface area contributed by atoms with Crippen LogP contribution in [0.25, 0.3) is 0 Å². The summed E-state index contributed by atoms with van der Waals surface area (Å²) in [5, 5.41) is 0. The van der Waals surface area contributed by atoms with Gasteiger partial charge in [0.05, 0.1) is 25.5 Å². The van der Waals surface area contributed by atoms with Gasteiger partial charge in [0.1, 0.15) is 12.4 Å². The molecule has 1 aliphatic rings. The van der Waals surface area contributed by atoms with Gasteiger partial charge in [-0.05, 0) is 17.7 Å². The zero-order chi connectivity index (χ0) is 16.8. The van der Waals surface area contributed by atoms with Crippen molar-refractivity contribution >= 4 is 5.95 Å². The Kier molecular flexibility index (Phi) is 5.55. The van der Waals surface area contributed by atoms with Gasteiger partial charge in [-0.15, -0.1) is 0 Å². The summed E-state index contributed by atoms with van der Waals surface area (Å²) in [5.74, 6) is 0.762. The molecule has 0 spiro atoms. The first-order valence-electron chi connectivity index (χ1n) is 7.81. The van der Waals surface area contributed by atoms with E-state index < -0.39 is 0 Å². The van der Waals surface area contributed by atoms with Crippen molar-refractivity contribution < 1.29 is 18.6 Å². The summed E-state index contributed by atoms with van der Waals surface area (Å²) in [6, 6.07) is 8.06. The molecule has 1 aromatic heterocycles. The number of aromatic nitrogens is 2. The molecule has 1 aromatic carbocycles. The number of methoxy groups -OCH3 is 1. The molecule has 6 nitrogen and oxygen atoms in total. The quantitative estimate of drug-likeness (QED) is 0.808. The second kappa shape index (κ2) is 8.03. The minimum Gasteiger partial charge on any atom is -0.473 e. The smallest absolute Gasteiger partial charge is 0.229 e. The molecule has 0 bridgehead atoms. The molecular weight excluding hydrogens is 313 g/mol. The van der Waals surface area contributed by atoms with Crippen molar-refractivity contribution in [1.29, 1.82) is 0 Å². The maximum absolute atomic E-state index is 13.2. The average Bonchev–Trinajstić information content (AvgIpc) is 2.61. The molecule has 0 unspecified atom stereocenters. The van der Waals surface area contributed by atoms with E-state index in [0.717, 1.165) is 24.3 Å². The molecule has 128 valence electrons. The first kappa shape index (κ1) is 16.6. The number of ether oxygens (including phenoxy) is 3. The third-order valence-electron chi connectivity index (χ3n) is 3.61. The third-order valence-corrected chi connectivity index (χ3v) is 3.61. The van der Waals surface area contributed by atoms with Gasteiger partial charge in [-0.3, -0.25) is 0 Å². The Morgan fingerprint density at radius 1 is 1.17 bits per heavy atom. The SMILES string of the molecule is COCc1cc(OCc2cccc(F)c2)nc(N2CCOCC2)n1. The van der Waals surface area contributed by atoms with E-state index in [4.69, 9.17) is 14.2 Å². The van der Waals surface area contributed by atoms with Crippen LogP contribution in [0.15, 0.2) is 30.3 Å². The summed E-state index contributed by atoms with van der Waals surface area (Å²) in [5.41, 5.74) is 1.48. The summed E-state index contributed by atoms with van der Waals surface area (Å²) in [4.78, 5) is 11.0. The van der Waals surface area contributed by atoms with Crippen LogP contribution >= 0.6 is 0 Å². The second-order valence-electron chi connectivity index (χ2n) is 5.45. The predicted molar refractivity (Wildman–Crippen MR) is 86.5 cm³/mol. The molecule has 24 heavy (non-hydrogen) atoms. The van der Waals surface area contributed by atoms with Gasteiger partial charge in [-0.25, -0.2) is 9.37 Å². The van der Waals surface area contributed by atoms with Crippen LogP contribution in [0, 0.1) is 5.82 Å². The summed E-state index contributed by atoms with van der Waals surface area (Å²) in [6.45, 7) is 3.38. The van der Waals surface area contributed by atoms with Crippen molar-refractivity contribution in [2.75, 3.05) is 38.3 Å². The van der Waals surface area contributed by atoms with Gasteiger partial charge in [0.25, 0.3) is 0 Å². The Morgan fingerprint density at radius 2 is 2.00 bits per heavy atom. The fourth-order valence-corrected chi connectivity index (χ4v) is 2.44. The Labute approximate surface area is 140 Å². The van der Waals surface area contributed by atoms with Crippen molar-refractivity contribution in [3.8, 4) is 5.88 Å². The van der Waals surface area contributed by atoms with Gasteiger partial charge in [-0.2, -0.15) is 4.98 Å². The maximum atomic E-state index is 13.2. The van der Waals surface area contributed by atoms with E-state index in [1.165, 1.54) is 12.1 Å². The standard InChI is InChI=1S/C17H20FN3O3/c1-22-12-15-10-16(24-11-13-3-2-4-14(18)9-13)20-17(19-15)21-5-7-23-8-6-21/h2-4,9-10H,5-8,11-12H2,1H3. The first-order valence-corrected chi connectivity index (χ1v) is 7.81. The van der Waals surface area contributed by atoms with Gasteiger partial charge in [-0.1, -0.05) is 12.1 Å². The van der Waals surface area contributed by atoms with Crippen LogP contribution in [0.2, 0.25) is 0 Å². The highest BCUT2D eigenvalue weighted by atomic mass is 19.1. The minimum absolute atomic E-state index is 0.240. The number of hydrogen-bond acceptors (Lipinski definition) is 6. The van der Waals surface area contributed by atoms with Crippen molar-refractivity contribution in [3.05, 3.63) is 47.4 Å². The van der Waals surface area contributed by atoms with Crippen molar-refractivity contribution in [2.24, 2.45) is 0 Å². The van der Waals surface area contributed by atoms with Gasteiger partial charge in [0, 0.05) is 26.3 Å². The number of benzene rings is 1. The maximum Gasteiger partial charge on any atom is 0.229 e. The molecule has 7 heteroatoms. The van der Waals surface area contributed by atoms with Crippen LogP contribution in [-0.2, 0) is 22.7 Å². The number of anilines is 1. The van der Waals surface area contributed by atoms with Crippen LogP contribution in [0.1, 0.15) is 11.3 Å². The molecule has 1 aliphatic heterocycles. The number of rotatable bonds is 6. The molecule has 0 aliphatic carbocycles. The minimum atomic E-state index is -0.284. The summed E-state index contributed by atoms with van der Waals surface area (Å²) in [7, 11) is 1.61. The number of morpholine rings is 1.